The molecule has 0 aromatic heterocycles. The molecule has 0 fully saturated rings. The van der Waals surface area contributed by atoms with Crippen molar-refractivity contribution >= 4 is 11.9 Å². The first kappa shape index (κ1) is 17.9. The minimum Gasteiger partial charge on any atom is -0.390 e. The van der Waals surface area contributed by atoms with Gasteiger partial charge in [-0.25, -0.2) is 4.79 Å². The van der Waals surface area contributed by atoms with Crippen LogP contribution in [0, 0.1) is 0 Å². The maximum atomic E-state index is 11.1. The van der Waals surface area contributed by atoms with Crippen molar-refractivity contribution in [2.45, 2.75) is 52.4 Å². The second kappa shape index (κ2) is 11.0. The number of carbonyl (C=O) groups is 2. The van der Waals surface area contributed by atoms with Crippen LogP contribution in [0.15, 0.2) is 12.2 Å². The Morgan fingerprint density at radius 2 is 1.69 bits per heavy atom. The molecule has 0 aliphatic rings. The van der Waals surface area contributed by atoms with E-state index in [1.165, 1.54) is 19.8 Å². The minimum absolute atomic E-state index is 0. The largest absolute Gasteiger partial charge is 0.390 e. The summed E-state index contributed by atoms with van der Waals surface area (Å²) in [5.74, 6) is -1.06. The van der Waals surface area contributed by atoms with Gasteiger partial charge in [0.25, 0.3) is 0 Å². The van der Waals surface area contributed by atoms with Gasteiger partial charge in [-0.05, 0) is 13.3 Å². The molecule has 0 heterocycles. The molecule has 0 radical (unpaired) electrons. The van der Waals surface area contributed by atoms with Crippen LogP contribution in [0.5, 0.6) is 0 Å². The van der Waals surface area contributed by atoms with E-state index in [1.807, 2.05) is 0 Å². The van der Waals surface area contributed by atoms with E-state index in [2.05, 4.69) is 18.2 Å². The number of unbranched alkanes of at least 4 members (excludes halogenated alkanes) is 4. The van der Waals surface area contributed by atoms with E-state index in [-0.39, 0.29) is 25.1 Å². The van der Waals surface area contributed by atoms with Gasteiger partial charge in [-0.3, -0.25) is 4.79 Å². The molecule has 16 heavy (non-hydrogen) atoms. The van der Waals surface area contributed by atoms with Crippen LogP contribution in [-0.4, -0.2) is 11.9 Å². The van der Waals surface area contributed by atoms with Gasteiger partial charge >= 0.3 is 11.9 Å². The Balaban J connectivity index is 0. The second-order valence-electron chi connectivity index (χ2n) is 3.71. The Morgan fingerprint density at radius 3 is 2.19 bits per heavy atom. The minimum atomic E-state index is -0.617. The predicted octanol–water partition coefficient (Wildman–Crippen LogP) is 2.99. The fourth-order valence-corrected chi connectivity index (χ4v) is 1.11. The van der Waals surface area contributed by atoms with Crippen LogP contribution >= 0.6 is 0 Å². The van der Waals surface area contributed by atoms with Crippen LogP contribution in [0.3, 0.4) is 0 Å². The average molecular weight is 278 g/mol. The summed E-state index contributed by atoms with van der Waals surface area (Å²) in [5, 5.41) is 0. The number of carbonyl (C=O) groups excluding carboxylic acids is 2. The maximum absolute atomic E-state index is 11.1. The zero-order valence-electron chi connectivity index (χ0n) is 10.4. The van der Waals surface area contributed by atoms with Crippen LogP contribution in [0.1, 0.15) is 52.4 Å². The Bertz CT molecular complexity index is 236. The fraction of sp³-hybridized carbons (Fsp3) is 0.667. The van der Waals surface area contributed by atoms with Crippen LogP contribution < -0.4 is 0 Å². The van der Waals surface area contributed by atoms with Crippen molar-refractivity contribution in [1.82, 2.24) is 0 Å². The van der Waals surface area contributed by atoms with Crippen molar-refractivity contribution in [1.29, 1.82) is 0 Å². The molecule has 0 rings (SSSR count). The Labute approximate surface area is 110 Å². The molecular weight excluding hydrogens is 258 g/mol. The molecule has 4 heteroatoms. The molecule has 0 amide bonds. The van der Waals surface area contributed by atoms with E-state index in [1.54, 1.807) is 0 Å². The van der Waals surface area contributed by atoms with Gasteiger partial charge in [0, 0.05) is 31.5 Å². The summed E-state index contributed by atoms with van der Waals surface area (Å²) >= 11 is 0. The first-order chi connectivity index (χ1) is 7.07. The van der Waals surface area contributed by atoms with Crippen molar-refractivity contribution < 1.29 is 33.8 Å². The molecule has 0 atom stereocenters. The second-order valence-corrected chi connectivity index (χ2v) is 3.71. The molecule has 0 aromatic carbocycles. The molecule has 3 nitrogen and oxygen atoms in total. The van der Waals surface area contributed by atoms with Gasteiger partial charge in [-0.1, -0.05) is 39.2 Å². The summed E-state index contributed by atoms with van der Waals surface area (Å²) in [6.07, 6.45) is 5.64. The van der Waals surface area contributed by atoms with Crippen LogP contribution in [0.25, 0.3) is 0 Å². The summed E-state index contributed by atoms with van der Waals surface area (Å²) in [7, 11) is 0. The molecule has 0 saturated heterocycles. The van der Waals surface area contributed by atoms with E-state index in [4.69, 9.17) is 0 Å². The smallest absolute Gasteiger partial charge is 0.340 e. The summed E-state index contributed by atoms with van der Waals surface area (Å²) in [5.41, 5.74) is 0.259. The van der Waals surface area contributed by atoms with Crippen LogP contribution in [0.2, 0.25) is 0 Å². The number of esters is 2. The molecule has 0 saturated carbocycles. The van der Waals surface area contributed by atoms with Gasteiger partial charge in [0.1, 0.15) is 0 Å². The summed E-state index contributed by atoms with van der Waals surface area (Å²) in [6.45, 7) is 7.07. The SMILES string of the molecule is C=C(C)C(=O)OC(=O)CCCCCCC.[Zn]. The number of hydrogen-bond donors (Lipinski definition) is 0. The number of hydrogen-bond acceptors (Lipinski definition) is 3. The molecule has 0 spiro atoms. The average Bonchev–Trinajstić information content (AvgIpc) is 2.17. The van der Waals surface area contributed by atoms with Gasteiger partial charge in [0.05, 0.1) is 0 Å². The standard InChI is InChI=1S/C12H20O3.Zn/c1-4-5-6-7-8-9-11(13)15-12(14)10(2)3;/h2,4-9H2,1,3H3;. The van der Waals surface area contributed by atoms with Crippen molar-refractivity contribution in [2.75, 3.05) is 0 Å². The van der Waals surface area contributed by atoms with E-state index in [0.29, 0.717) is 6.42 Å². The molecule has 0 aliphatic heterocycles. The van der Waals surface area contributed by atoms with E-state index in [0.717, 1.165) is 19.3 Å². The molecule has 88 valence electrons. The summed E-state index contributed by atoms with van der Waals surface area (Å²) in [6, 6.07) is 0. The molecule has 0 N–H and O–H groups in total. The van der Waals surface area contributed by atoms with Crippen molar-refractivity contribution in [3.63, 3.8) is 0 Å². The molecule has 0 aromatic rings. The summed E-state index contributed by atoms with van der Waals surface area (Å²) < 4.78 is 4.54. The van der Waals surface area contributed by atoms with Crippen LogP contribution in [0.4, 0.5) is 0 Å². The third kappa shape index (κ3) is 10.0. The van der Waals surface area contributed by atoms with Gasteiger partial charge in [-0.2, -0.15) is 0 Å². The Kier molecular flexibility index (Phi) is 12.3. The summed E-state index contributed by atoms with van der Waals surface area (Å²) in [4.78, 5) is 22.1. The normalized spacial score (nSPS) is 9.12. The van der Waals surface area contributed by atoms with Crippen molar-refractivity contribution in [3.05, 3.63) is 12.2 Å². The zero-order chi connectivity index (χ0) is 11.7. The monoisotopic (exact) mass is 276 g/mol. The quantitative estimate of drug-likeness (QED) is 0.236. The predicted molar refractivity (Wildman–Crippen MR) is 59.3 cm³/mol. The maximum Gasteiger partial charge on any atom is 0.340 e. The van der Waals surface area contributed by atoms with Gasteiger partial charge < -0.3 is 4.74 Å². The van der Waals surface area contributed by atoms with Gasteiger partial charge in [0.15, 0.2) is 0 Å². The Morgan fingerprint density at radius 1 is 1.12 bits per heavy atom. The first-order valence-corrected chi connectivity index (χ1v) is 5.48. The Hall–Kier alpha value is -0.497. The topological polar surface area (TPSA) is 43.4 Å². The van der Waals surface area contributed by atoms with E-state index in [9.17, 15) is 9.59 Å². The molecular formula is C12H20O3Zn. The molecule has 0 unspecified atom stereocenters. The third-order valence-corrected chi connectivity index (χ3v) is 2.04. The molecule has 0 bridgehead atoms. The number of rotatable bonds is 7. The van der Waals surface area contributed by atoms with Gasteiger partial charge in [0.2, 0.25) is 0 Å². The third-order valence-electron chi connectivity index (χ3n) is 2.04. The zero-order valence-corrected chi connectivity index (χ0v) is 13.3. The molecule has 0 aliphatic carbocycles. The van der Waals surface area contributed by atoms with E-state index >= 15 is 0 Å². The van der Waals surface area contributed by atoms with Crippen molar-refractivity contribution in [3.8, 4) is 0 Å². The van der Waals surface area contributed by atoms with Crippen molar-refractivity contribution in [2.24, 2.45) is 0 Å². The fourth-order valence-electron chi connectivity index (χ4n) is 1.11. The van der Waals surface area contributed by atoms with E-state index < -0.39 is 11.9 Å². The van der Waals surface area contributed by atoms with Gasteiger partial charge in [-0.15, -0.1) is 0 Å². The van der Waals surface area contributed by atoms with Crippen LogP contribution in [-0.2, 0) is 33.8 Å². The number of ether oxygens (including phenoxy) is 1. The first-order valence-electron chi connectivity index (χ1n) is 5.48.